The second-order valence-corrected chi connectivity index (χ2v) is 9.45. The number of rotatable bonds is 5. The minimum absolute atomic E-state index is 0.0250. The van der Waals surface area contributed by atoms with Gasteiger partial charge in [-0.2, -0.15) is 0 Å². The first-order valence-corrected chi connectivity index (χ1v) is 10.0. The lowest BCUT2D eigenvalue weighted by molar-refractivity contribution is -0.148. The lowest BCUT2D eigenvalue weighted by Gasteiger charge is -2.25. The van der Waals surface area contributed by atoms with Crippen LogP contribution in [0.4, 0.5) is 4.39 Å². The Kier molecular flexibility index (Phi) is 4.83. The van der Waals surface area contributed by atoms with E-state index in [1.807, 2.05) is 4.90 Å². The molecule has 9 heteroatoms. The third-order valence-corrected chi connectivity index (χ3v) is 7.27. The Morgan fingerprint density at radius 3 is 2.68 bits per heavy atom. The zero-order chi connectivity index (χ0) is 18.4. The van der Waals surface area contributed by atoms with Gasteiger partial charge in [-0.25, -0.2) is 17.1 Å². The average Bonchev–Trinajstić information content (AvgIpc) is 3.05. The molecule has 0 saturated carbocycles. The fourth-order valence-corrected chi connectivity index (χ4v) is 5.19. The molecule has 1 N–H and O–H groups in total. The van der Waals surface area contributed by atoms with Gasteiger partial charge in [-0.15, -0.1) is 0 Å². The fourth-order valence-electron chi connectivity index (χ4n) is 3.83. The van der Waals surface area contributed by atoms with Gasteiger partial charge in [0, 0.05) is 49.2 Å². The summed E-state index contributed by atoms with van der Waals surface area (Å²) >= 11 is 5.75. The van der Waals surface area contributed by atoms with Crippen molar-refractivity contribution in [2.24, 2.45) is 11.3 Å². The highest BCUT2D eigenvalue weighted by molar-refractivity contribution is 7.89. The fraction of sp³-hybridized carbons (Fsp3) is 0.562. The van der Waals surface area contributed by atoms with Crippen LogP contribution in [0, 0.1) is 17.2 Å². The van der Waals surface area contributed by atoms with Gasteiger partial charge in [0.15, 0.2) is 0 Å². The van der Waals surface area contributed by atoms with Gasteiger partial charge < -0.3 is 5.11 Å². The molecule has 1 aromatic rings. The first-order chi connectivity index (χ1) is 11.7. The second-order valence-electron chi connectivity index (χ2n) is 6.76. The van der Waals surface area contributed by atoms with E-state index < -0.39 is 27.2 Å². The Hall–Kier alpha value is -1.22. The quantitative estimate of drug-likeness (QED) is 0.827. The summed E-state index contributed by atoms with van der Waals surface area (Å²) in [7, 11) is -3.42. The lowest BCUT2D eigenvalue weighted by atomic mass is 9.81. The molecule has 2 aliphatic heterocycles. The Balaban J connectivity index is 1.79. The van der Waals surface area contributed by atoms with Crippen LogP contribution in [-0.2, 0) is 21.4 Å². The molecule has 2 heterocycles. The van der Waals surface area contributed by atoms with Gasteiger partial charge in [0.2, 0.25) is 10.0 Å². The molecule has 1 aromatic carbocycles. The Morgan fingerprint density at radius 1 is 1.40 bits per heavy atom. The van der Waals surface area contributed by atoms with Gasteiger partial charge in [0.25, 0.3) is 0 Å². The van der Waals surface area contributed by atoms with Gasteiger partial charge in [-0.1, -0.05) is 17.7 Å². The number of aliphatic carboxylic acids is 1. The molecule has 0 amide bonds. The van der Waals surface area contributed by atoms with Crippen LogP contribution in [0.2, 0.25) is 5.02 Å². The number of carbonyl (C=O) groups is 1. The number of halogens is 2. The van der Waals surface area contributed by atoms with Crippen molar-refractivity contribution in [1.29, 1.82) is 0 Å². The number of benzene rings is 1. The van der Waals surface area contributed by atoms with Crippen molar-refractivity contribution < 1.29 is 22.7 Å². The molecular formula is C16H20ClFN2O4S. The molecule has 138 valence electrons. The normalized spacial score (nSPS) is 27.6. The molecule has 2 saturated heterocycles. The van der Waals surface area contributed by atoms with Gasteiger partial charge in [0.1, 0.15) is 5.82 Å². The number of likely N-dealkylation sites (tertiary alicyclic amines) is 1. The van der Waals surface area contributed by atoms with E-state index in [2.05, 4.69) is 0 Å². The van der Waals surface area contributed by atoms with Crippen LogP contribution in [0.25, 0.3) is 0 Å². The van der Waals surface area contributed by atoms with Gasteiger partial charge >= 0.3 is 5.97 Å². The topological polar surface area (TPSA) is 77.9 Å². The number of hydrogen-bond donors (Lipinski definition) is 1. The highest BCUT2D eigenvalue weighted by Crippen LogP contribution is 2.44. The van der Waals surface area contributed by atoms with Crippen LogP contribution in [0.3, 0.4) is 0 Å². The first-order valence-electron chi connectivity index (χ1n) is 8.05. The highest BCUT2D eigenvalue weighted by atomic mass is 35.5. The standard InChI is InChI=1S/C16H20ClFN2O4S/c1-2-25(23,24)20-8-12-7-19(9-16(12,10-20)15(21)22)6-11-3-4-13(17)5-14(11)18/h3-5,12H,2,6-10H2,1H3,(H,21,22)/t12-,16-/m0/s1. The largest absolute Gasteiger partial charge is 0.481 e. The molecule has 3 rings (SSSR count). The zero-order valence-electron chi connectivity index (χ0n) is 13.8. The van der Waals surface area contributed by atoms with E-state index in [0.717, 1.165) is 0 Å². The number of nitrogens with zero attached hydrogens (tertiary/aromatic N) is 2. The molecule has 0 radical (unpaired) electrons. The maximum Gasteiger partial charge on any atom is 0.312 e. The summed E-state index contributed by atoms with van der Waals surface area (Å²) in [6, 6.07) is 4.42. The van der Waals surface area contributed by atoms with Crippen LogP contribution in [-0.4, -0.2) is 60.6 Å². The van der Waals surface area contributed by atoms with Crippen LogP contribution >= 0.6 is 11.6 Å². The van der Waals surface area contributed by atoms with Crippen LogP contribution in [0.1, 0.15) is 12.5 Å². The van der Waals surface area contributed by atoms with Crippen molar-refractivity contribution in [3.63, 3.8) is 0 Å². The average molecular weight is 391 g/mol. The van der Waals surface area contributed by atoms with E-state index in [4.69, 9.17) is 11.6 Å². The third-order valence-electron chi connectivity index (χ3n) is 5.24. The summed E-state index contributed by atoms with van der Waals surface area (Å²) in [5, 5.41) is 10.1. The summed E-state index contributed by atoms with van der Waals surface area (Å²) in [5.41, 5.74) is -0.687. The van der Waals surface area contributed by atoms with E-state index in [9.17, 15) is 22.7 Å². The van der Waals surface area contributed by atoms with Crippen molar-refractivity contribution in [2.75, 3.05) is 31.9 Å². The molecule has 25 heavy (non-hydrogen) atoms. The number of hydrogen-bond acceptors (Lipinski definition) is 4. The van der Waals surface area contributed by atoms with Crippen molar-refractivity contribution in [3.8, 4) is 0 Å². The predicted molar refractivity (Wildman–Crippen MR) is 91.3 cm³/mol. The lowest BCUT2D eigenvalue weighted by Crippen LogP contribution is -2.42. The number of carboxylic acids is 1. The number of fused-ring (bicyclic) bond motifs is 1. The summed E-state index contributed by atoms with van der Waals surface area (Å²) in [5.74, 6) is -1.77. The van der Waals surface area contributed by atoms with E-state index in [0.29, 0.717) is 17.1 Å². The zero-order valence-corrected chi connectivity index (χ0v) is 15.4. The Labute approximate surface area is 151 Å². The molecular weight excluding hydrogens is 371 g/mol. The minimum Gasteiger partial charge on any atom is -0.481 e. The van der Waals surface area contributed by atoms with Crippen molar-refractivity contribution >= 4 is 27.6 Å². The monoisotopic (exact) mass is 390 g/mol. The Morgan fingerprint density at radius 2 is 2.12 bits per heavy atom. The summed E-state index contributed by atoms with van der Waals surface area (Å²) in [6.07, 6.45) is 0. The summed E-state index contributed by atoms with van der Waals surface area (Å²) < 4.78 is 39.5. The molecule has 0 bridgehead atoms. The molecule has 2 atom stereocenters. The minimum atomic E-state index is -3.42. The Bertz CT molecular complexity index is 803. The summed E-state index contributed by atoms with van der Waals surface area (Å²) in [4.78, 5) is 13.8. The molecule has 0 spiro atoms. The van der Waals surface area contributed by atoms with Crippen LogP contribution in [0.15, 0.2) is 18.2 Å². The first kappa shape index (κ1) is 18.6. The van der Waals surface area contributed by atoms with E-state index >= 15 is 0 Å². The second kappa shape index (κ2) is 6.50. The van der Waals surface area contributed by atoms with E-state index in [-0.39, 0.29) is 37.8 Å². The van der Waals surface area contributed by atoms with E-state index in [1.165, 1.54) is 10.4 Å². The maximum absolute atomic E-state index is 14.0. The molecule has 0 aliphatic carbocycles. The maximum atomic E-state index is 14.0. The number of carboxylic acid groups (broad SMARTS) is 1. The molecule has 2 aliphatic rings. The number of sulfonamides is 1. The molecule has 6 nitrogen and oxygen atoms in total. The van der Waals surface area contributed by atoms with Crippen LogP contribution < -0.4 is 0 Å². The smallest absolute Gasteiger partial charge is 0.312 e. The van der Waals surface area contributed by atoms with Gasteiger partial charge in [-0.3, -0.25) is 9.69 Å². The predicted octanol–water partition coefficient (Wildman–Crippen LogP) is 1.65. The van der Waals surface area contributed by atoms with Gasteiger partial charge in [0.05, 0.1) is 11.2 Å². The molecule has 0 unspecified atom stereocenters. The highest BCUT2D eigenvalue weighted by Gasteiger charge is 2.59. The van der Waals surface area contributed by atoms with E-state index in [1.54, 1.807) is 19.1 Å². The SMILES string of the molecule is CCS(=O)(=O)N1C[C@@H]2CN(Cc3ccc(Cl)cc3F)C[C@]2(C(=O)O)C1. The van der Waals surface area contributed by atoms with Crippen molar-refractivity contribution in [3.05, 3.63) is 34.6 Å². The van der Waals surface area contributed by atoms with Crippen LogP contribution in [0.5, 0.6) is 0 Å². The molecule has 0 aromatic heterocycles. The van der Waals surface area contributed by atoms with Crippen molar-refractivity contribution in [1.82, 2.24) is 9.21 Å². The molecule has 2 fully saturated rings. The van der Waals surface area contributed by atoms with Crippen molar-refractivity contribution in [2.45, 2.75) is 13.5 Å². The van der Waals surface area contributed by atoms with Gasteiger partial charge in [-0.05, 0) is 19.1 Å². The third kappa shape index (κ3) is 3.28. The summed E-state index contributed by atoms with van der Waals surface area (Å²) in [6.45, 7) is 2.61.